The predicted octanol–water partition coefficient (Wildman–Crippen LogP) is 0.937. The van der Waals surface area contributed by atoms with Crippen molar-refractivity contribution in [3.05, 3.63) is 35.4 Å². The van der Waals surface area contributed by atoms with Gasteiger partial charge in [0.2, 0.25) is 0 Å². The van der Waals surface area contributed by atoms with E-state index < -0.39 is 23.8 Å². The molecule has 0 amide bonds. The zero-order valence-electron chi connectivity index (χ0n) is 11.0. The van der Waals surface area contributed by atoms with Crippen molar-refractivity contribution in [1.29, 1.82) is 0 Å². The topological polar surface area (TPSA) is 52.9 Å². The van der Waals surface area contributed by atoms with Gasteiger partial charge in [0.25, 0.3) is 0 Å². The molecule has 0 radical (unpaired) electrons. The molecule has 0 spiro atoms. The maximum atomic E-state index is 13.4. The predicted molar refractivity (Wildman–Crippen MR) is 66.7 cm³/mol. The lowest BCUT2D eigenvalue weighted by molar-refractivity contribution is 0.0314. The molecule has 2 unspecified atom stereocenters. The van der Waals surface area contributed by atoms with Crippen LogP contribution in [-0.4, -0.2) is 55.1 Å². The molecule has 0 fully saturated rings. The van der Waals surface area contributed by atoms with Crippen LogP contribution in [0.1, 0.15) is 11.7 Å². The summed E-state index contributed by atoms with van der Waals surface area (Å²) in [4.78, 5) is 1.62. The SMILES string of the molecule is COCC(O)CN(C)CC(O)c1cc(F)ccc1F. The van der Waals surface area contributed by atoms with Gasteiger partial charge in [0.1, 0.15) is 11.6 Å². The summed E-state index contributed by atoms with van der Waals surface area (Å²) < 4.78 is 31.2. The zero-order valence-corrected chi connectivity index (χ0v) is 11.0. The van der Waals surface area contributed by atoms with Gasteiger partial charge in [0, 0.05) is 25.8 Å². The number of ether oxygens (including phenoxy) is 1. The third-order valence-electron chi connectivity index (χ3n) is 2.68. The van der Waals surface area contributed by atoms with E-state index >= 15 is 0 Å². The van der Waals surface area contributed by atoms with Crippen LogP contribution in [0.4, 0.5) is 8.78 Å². The summed E-state index contributed by atoms with van der Waals surface area (Å²) in [5.41, 5.74) is -0.0897. The van der Waals surface area contributed by atoms with Crippen molar-refractivity contribution in [2.75, 3.05) is 33.9 Å². The van der Waals surface area contributed by atoms with E-state index in [0.717, 1.165) is 18.2 Å². The minimum atomic E-state index is -1.16. The van der Waals surface area contributed by atoms with E-state index in [2.05, 4.69) is 0 Å². The van der Waals surface area contributed by atoms with Crippen LogP contribution in [-0.2, 0) is 4.74 Å². The number of aliphatic hydroxyl groups is 2. The van der Waals surface area contributed by atoms with E-state index in [1.165, 1.54) is 7.11 Å². The highest BCUT2D eigenvalue weighted by Crippen LogP contribution is 2.19. The Labute approximate surface area is 111 Å². The number of likely N-dealkylation sites (N-methyl/N-ethyl adjacent to an activating group) is 1. The van der Waals surface area contributed by atoms with Crippen molar-refractivity contribution in [2.45, 2.75) is 12.2 Å². The summed E-state index contributed by atoms with van der Waals surface area (Å²) in [5, 5.41) is 19.4. The van der Waals surface area contributed by atoms with Gasteiger partial charge in [-0.05, 0) is 25.2 Å². The summed E-state index contributed by atoms with van der Waals surface area (Å²) in [6.45, 7) is 0.526. The lowest BCUT2D eigenvalue weighted by atomic mass is 10.1. The molecule has 0 saturated heterocycles. The van der Waals surface area contributed by atoms with E-state index in [-0.39, 0.29) is 25.3 Å². The first-order chi connectivity index (χ1) is 8.93. The number of rotatable bonds is 7. The quantitative estimate of drug-likeness (QED) is 0.777. The molecule has 108 valence electrons. The van der Waals surface area contributed by atoms with Crippen molar-refractivity contribution in [2.24, 2.45) is 0 Å². The Bertz CT molecular complexity index is 403. The molecule has 4 nitrogen and oxygen atoms in total. The van der Waals surface area contributed by atoms with Crippen molar-refractivity contribution >= 4 is 0 Å². The Morgan fingerprint density at radius 3 is 2.58 bits per heavy atom. The smallest absolute Gasteiger partial charge is 0.129 e. The molecule has 2 atom stereocenters. The number of methoxy groups -OCH3 is 1. The number of hydrogen-bond acceptors (Lipinski definition) is 4. The summed E-state index contributed by atoms with van der Waals surface area (Å²) in [5.74, 6) is -1.25. The minimum Gasteiger partial charge on any atom is -0.389 e. The van der Waals surface area contributed by atoms with Gasteiger partial charge in [0.05, 0.1) is 18.8 Å². The number of aliphatic hydroxyl groups excluding tert-OH is 2. The molecular formula is C13H19F2NO3. The van der Waals surface area contributed by atoms with Crippen molar-refractivity contribution in [3.63, 3.8) is 0 Å². The third-order valence-corrected chi connectivity index (χ3v) is 2.68. The average Bonchev–Trinajstić information content (AvgIpc) is 2.32. The van der Waals surface area contributed by atoms with Gasteiger partial charge >= 0.3 is 0 Å². The number of benzene rings is 1. The summed E-state index contributed by atoms with van der Waals surface area (Å²) >= 11 is 0. The first-order valence-electron chi connectivity index (χ1n) is 5.92. The van der Waals surface area contributed by atoms with Gasteiger partial charge in [-0.3, -0.25) is 0 Å². The van der Waals surface area contributed by atoms with E-state index in [1.807, 2.05) is 0 Å². The molecule has 0 aliphatic heterocycles. The minimum absolute atomic E-state index is 0.0845. The highest BCUT2D eigenvalue weighted by molar-refractivity contribution is 5.21. The molecule has 19 heavy (non-hydrogen) atoms. The van der Waals surface area contributed by atoms with Crippen LogP contribution >= 0.6 is 0 Å². The summed E-state index contributed by atoms with van der Waals surface area (Å²) in [6.07, 6.45) is -1.85. The Balaban J connectivity index is 2.58. The van der Waals surface area contributed by atoms with Gasteiger partial charge in [-0.25, -0.2) is 8.78 Å². The maximum Gasteiger partial charge on any atom is 0.129 e. The van der Waals surface area contributed by atoms with E-state index in [1.54, 1.807) is 11.9 Å². The molecule has 0 bridgehead atoms. The normalized spacial score (nSPS) is 14.7. The van der Waals surface area contributed by atoms with Gasteiger partial charge in [-0.1, -0.05) is 0 Å². The molecular weight excluding hydrogens is 256 g/mol. The van der Waals surface area contributed by atoms with E-state index in [0.29, 0.717) is 0 Å². The van der Waals surface area contributed by atoms with Crippen LogP contribution in [0.5, 0.6) is 0 Å². The number of nitrogens with zero attached hydrogens (tertiary/aromatic N) is 1. The Hall–Kier alpha value is -1.08. The van der Waals surface area contributed by atoms with Crippen molar-refractivity contribution < 1.29 is 23.7 Å². The lowest BCUT2D eigenvalue weighted by Gasteiger charge is -2.23. The standard InChI is InChI=1S/C13H19F2NO3/c1-16(6-10(17)8-19-2)7-13(18)11-5-9(14)3-4-12(11)15/h3-5,10,13,17-18H,6-8H2,1-2H3. The van der Waals surface area contributed by atoms with Gasteiger partial charge in [0.15, 0.2) is 0 Å². The molecule has 2 N–H and O–H groups in total. The molecule has 0 saturated carbocycles. The van der Waals surface area contributed by atoms with E-state index in [9.17, 15) is 19.0 Å². The second-order valence-electron chi connectivity index (χ2n) is 4.51. The van der Waals surface area contributed by atoms with Crippen LogP contribution in [0.2, 0.25) is 0 Å². The molecule has 0 aliphatic carbocycles. The van der Waals surface area contributed by atoms with Crippen LogP contribution in [0.25, 0.3) is 0 Å². The van der Waals surface area contributed by atoms with E-state index in [4.69, 9.17) is 4.74 Å². The highest BCUT2D eigenvalue weighted by Gasteiger charge is 2.17. The van der Waals surface area contributed by atoms with Crippen LogP contribution in [0.3, 0.4) is 0 Å². The Morgan fingerprint density at radius 2 is 1.95 bits per heavy atom. The van der Waals surface area contributed by atoms with Gasteiger partial charge < -0.3 is 19.8 Å². The molecule has 0 heterocycles. The third kappa shape index (κ3) is 5.20. The first-order valence-corrected chi connectivity index (χ1v) is 5.92. The van der Waals surface area contributed by atoms with Crippen molar-refractivity contribution in [1.82, 2.24) is 4.90 Å². The molecule has 0 aliphatic rings. The van der Waals surface area contributed by atoms with Crippen LogP contribution in [0, 0.1) is 11.6 Å². The van der Waals surface area contributed by atoms with Crippen LogP contribution < -0.4 is 0 Å². The Morgan fingerprint density at radius 1 is 1.26 bits per heavy atom. The summed E-state index contributed by atoms with van der Waals surface area (Å²) in [6, 6.07) is 2.95. The highest BCUT2D eigenvalue weighted by atomic mass is 19.1. The van der Waals surface area contributed by atoms with Crippen LogP contribution in [0.15, 0.2) is 18.2 Å². The zero-order chi connectivity index (χ0) is 14.4. The van der Waals surface area contributed by atoms with Gasteiger partial charge in [-0.2, -0.15) is 0 Å². The number of hydrogen-bond donors (Lipinski definition) is 2. The molecule has 6 heteroatoms. The second-order valence-corrected chi connectivity index (χ2v) is 4.51. The Kier molecular flexibility index (Phi) is 6.30. The fourth-order valence-electron chi connectivity index (χ4n) is 1.84. The monoisotopic (exact) mass is 275 g/mol. The molecule has 1 rings (SSSR count). The average molecular weight is 275 g/mol. The van der Waals surface area contributed by atoms with Gasteiger partial charge in [-0.15, -0.1) is 0 Å². The fraction of sp³-hybridized carbons (Fsp3) is 0.538. The second kappa shape index (κ2) is 7.49. The van der Waals surface area contributed by atoms with Crippen molar-refractivity contribution in [3.8, 4) is 0 Å². The lowest BCUT2D eigenvalue weighted by Crippen LogP contribution is -2.34. The molecule has 1 aromatic carbocycles. The first kappa shape index (κ1) is 16.0. The summed E-state index contributed by atoms with van der Waals surface area (Å²) in [7, 11) is 3.14. The fourth-order valence-corrected chi connectivity index (χ4v) is 1.84. The molecule has 1 aromatic rings. The molecule has 0 aromatic heterocycles. The largest absolute Gasteiger partial charge is 0.389 e. The maximum absolute atomic E-state index is 13.4. The number of halogens is 2.